The van der Waals surface area contributed by atoms with Gasteiger partial charge in [-0.05, 0) is 36.4 Å². The molecule has 5 heterocycles. The van der Waals surface area contributed by atoms with Crippen LogP contribution in [-0.2, 0) is 0 Å². The second-order valence-electron chi connectivity index (χ2n) is 9.15. The van der Waals surface area contributed by atoms with E-state index >= 15 is 0 Å². The number of aromatic nitrogens is 5. The number of hydrogen-bond acceptors (Lipinski definition) is 7. The summed E-state index contributed by atoms with van der Waals surface area (Å²) in [6.07, 6.45) is 7.39. The molecule has 0 amide bonds. The minimum Gasteiger partial charge on any atom is -0.491 e. The van der Waals surface area contributed by atoms with Gasteiger partial charge in [0.1, 0.15) is 20.2 Å². The SMILES string of the molecule is [B]c1ccc2c(-c3cnn4cc(-c5ccc(OCCN6CCN(C)CC6)cn5)cnc34)cccc2n1. The first kappa shape index (κ1) is 22.6. The van der Waals surface area contributed by atoms with Crippen molar-refractivity contribution in [3.05, 3.63) is 67.3 Å². The third-order valence-corrected chi connectivity index (χ3v) is 6.70. The highest BCUT2D eigenvalue weighted by Gasteiger charge is 2.14. The van der Waals surface area contributed by atoms with Crippen molar-refractivity contribution in [2.45, 2.75) is 0 Å². The minimum atomic E-state index is 0.501. The molecule has 1 aliphatic heterocycles. The van der Waals surface area contributed by atoms with Crippen molar-refractivity contribution in [2.75, 3.05) is 46.4 Å². The molecule has 9 heteroatoms. The molecule has 1 fully saturated rings. The molecule has 1 aliphatic rings. The maximum atomic E-state index is 5.93. The normalized spacial score (nSPS) is 15.0. The number of benzene rings is 1. The first-order valence-electron chi connectivity index (χ1n) is 12.1. The molecule has 4 aromatic heterocycles. The molecule has 0 spiro atoms. The van der Waals surface area contributed by atoms with E-state index in [0.717, 1.165) is 77.4 Å². The monoisotopic (exact) mass is 475 g/mol. The molecule has 0 unspecified atom stereocenters. The van der Waals surface area contributed by atoms with E-state index in [4.69, 9.17) is 17.6 Å². The summed E-state index contributed by atoms with van der Waals surface area (Å²) in [5, 5.41) is 5.57. The molecule has 5 aromatic rings. The molecule has 2 radical (unpaired) electrons. The molecule has 0 bridgehead atoms. The Morgan fingerprint density at radius 2 is 1.81 bits per heavy atom. The lowest BCUT2D eigenvalue weighted by Gasteiger charge is -2.32. The first-order chi connectivity index (χ1) is 17.6. The third kappa shape index (κ3) is 4.55. The van der Waals surface area contributed by atoms with Gasteiger partial charge < -0.3 is 9.64 Å². The molecular formula is C27H26BN7O. The van der Waals surface area contributed by atoms with Crippen molar-refractivity contribution < 1.29 is 4.74 Å². The van der Waals surface area contributed by atoms with Crippen molar-refractivity contribution in [2.24, 2.45) is 0 Å². The number of fused-ring (bicyclic) bond motifs is 2. The summed E-state index contributed by atoms with van der Waals surface area (Å²) in [6, 6.07) is 13.7. The summed E-state index contributed by atoms with van der Waals surface area (Å²) in [6.45, 7) is 5.99. The number of pyridine rings is 2. The molecule has 6 rings (SSSR count). The van der Waals surface area contributed by atoms with Gasteiger partial charge in [0.25, 0.3) is 0 Å². The fourth-order valence-corrected chi connectivity index (χ4v) is 4.60. The van der Waals surface area contributed by atoms with Crippen LogP contribution < -0.4 is 10.3 Å². The standard InChI is InChI=1S/C27H26BN7O/c1-33-9-11-34(12-10-33)13-14-36-20-5-7-24(29-16-20)19-15-30-27-23(17-31-35(27)18-19)21-3-2-4-25-22(21)6-8-26(28)32-25/h2-8,15-18H,9-14H2,1H3. The average molecular weight is 475 g/mol. The minimum absolute atomic E-state index is 0.501. The van der Waals surface area contributed by atoms with Gasteiger partial charge in [-0.2, -0.15) is 5.10 Å². The Balaban J connectivity index is 1.18. The second-order valence-corrected chi connectivity index (χ2v) is 9.15. The van der Waals surface area contributed by atoms with E-state index in [2.05, 4.69) is 38.0 Å². The highest BCUT2D eigenvalue weighted by atomic mass is 16.5. The Bertz CT molecular complexity index is 1510. The fourth-order valence-electron chi connectivity index (χ4n) is 4.60. The number of hydrogen-bond donors (Lipinski definition) is 0. The van der Waals surface area contributed by atoms with Crippen LogP contribution in [0, 0.1) is 0 Å². The average Bonchev–Trinajstić information content (AvgIpc) is 3.33. The zero-order valence-corrected chi connectivity index (χ0v) is 20.2. The lowest BCUT2D eigenvalue weighted by Crippen LogP contribution is -2.45. The lowest BCUT2D eigenvalue weighted by atomic mass is 9.99. The van der Waals surface area contributed by atoms with Crippen molar-refractivity contribution in [3.63, 3.8) is 0 Å². The molecule has 8 nitrogen and oxygen atoms in total. The molecule has 0 saturated carbocycles. The fraction of sp³-hybridized carbons (Fsp3) is 0.259. The highest BCUT2D eigenvalue weighted by molar-refractivity contribution is 6.31. The zero-order chi connectivity index (χ0) is 24.5. The Morgan fingerprint density at radius 3 is 2.64 bits per heavy atom. The number of piperazine rings is 1. The molecule has 1 aromatic carbocycles. The van der Waals surface area contributed by atoms with E-state index in [0.29, 0.717) is 12.2 Å². The predicted molar refractivity (Wildman–Crippen MR) is 142 cm³/mol. The Hall–Kier alpha value is -3.82. The van der Waals surface area contributed by atoms with Crippen LogP contribution in [0.25, 0.3) is 38.9 Å². The van der Waals surface area contributed by atoms with Crippen molar-refractivity contribution in [1.29, 1.82) is 0 Å². The van der Waals surface area contributed by atoms with E-state index in [1.54, 1.807) is 10.7 Å². The van der Waals surface area contributed by atoms with Gasteiger partial charge in [0, 0.05) is 61.6 Å². The van der Waals surface area contributed by atoms with Gasteiger partial charge in [0.2, 0.25) is 0 Å². The van der Waals surface area contributed by atoms with Gasteiger partial charge in [0.05, 0.1) is 23.6 Å². The Kier molecular flexibility index (Phi) is 6.09. The first-order valence-corrected chi connectivity index (χ1v) is 12.1. The van der Waals surface area contributed by atoms with E-state index in [-0.39, 0.29) is 0 Å². The quantitative estimate of drug-likeness (QED) is 0.350. The topological polar surface area (TPSA) is 71.7 Å². The van der Waals surface area contributed by atoms with Crippen LogP contribution in [0.1, 0.15) is 0 Å². The third-order valence-electron chi connectivity index (χ3n) is 6.70. The summed E-state index contributed by atoms with van der Waals surface area (Å²) in [5.74, 6) is 0.772. The summed E-state index contributed by atoms with van der Waals surface area (Å²) >= 11 is 0. The lowest BCUT2D eigenvalue weighted by molar-refractivity contribution is 0.133. The van der Waals surface area contributed by atoms with Crippen LogP contribution >= 0.6 is 0 Å². The molecule has 0 atom stereocenters. The summed E-state index contributed by atoms with van der Waals surface area (Å²) < 4.78 is 7.72. The van der Waals surface area contributed by atoms with Crippen LogP contribution in [0.2, 0.25) is 0 Å². The van der Waals surface area contributed by atoms with Crippen molar-refractivity contribution in [1.82, 2.24) is 34.4 Å². The van der Waals surface area contributed by atoms with Gasteiger partial charge in [-0.25, -0.2) is 9.50 Å². The Labute approximate surface area is 211 Å². The predicted octanol–water partition coefficient (Wildman–Crippen LogP) is 2.43. The maximum Gasteiger partial charge on any atom is 0.162 e. The number of nitrogens with zero attached hydrogens (tertiary/aromatic N) is 7. The van der Waals surface area contributed by atoms with Crippen LogP contribution in [0.5, 0.6) is 5.75 Å². The maximum absolute atomic E-state index is 5.93. The van der Waals surface area contributed by atoms with Gasteiger partial charge in [-0.1, -0.05) is 24.3 Å². The van der Waals surface area contributed by atoms with Crippen LogP contribution in [0.3, 0.4) is 0 Å². The van der Waals surface area contributed by atoms with Crippen molar-refractivity contribution in [3.8, 4) is 28.1 Å². The van der Waals surface area contributed by atoms with Crippen LogP contribution in [-0.4, -0.2) is 88.6 Å². The zero-order valence-electron chi connectivity index (χ0n) is 20.2. The van der Waals surface area contributed by atoms with Gasteiger partial charge in [-0.15, -0.1) is 0 Å². The molecule has 36 heavy (non-hydrogen) atoms. The van der Waals surface area contributed by atoms with Crippen LogP contribution in [0.15, 0.2) is 67.3 Å². The van der Waals surface area contributed by atoms with Gasteiger partial charge >= 0.3 is 0 Å². The molecular weight excluding hydrogens is 449 g/mol. The molecule has 1 saturated heterocycles. The van der Waals surface area contributed by atoms with Gasteiger partial charge in [0.15, 0.2) is 5.65 Å². The number of rotatable bonds is 6. The largest absolute Gasteiger partial charge is 0.491 e. The molecule has 0 aliphatic carbocycles. The number of ether oxygens (including phenoxy) is 1. The van der Waals surface area contributed by atoms with E-state index in [1.165, 1.54) is 0 Å². The smallest absolute Gasteiger partial charge is 0.162 e. The molecule has 0 N–H and O–H groups in total. The summed E-state index contributed by atoms with van der Waals surface area (Å²) in [4.78, 5) is 18.6. The molecule has 178 valence electrons. The summed E-state index contributed by atoms with van der Waals surface area (Å²) in [7, 11) is 8.03. The van der Waals surface area contributed by atoms with Crippen LogP contribution in [0.4, 0.5) is 0 Å². The van der Waals surface area contributed by atoms with Crippen molar-refractivity contribution >= 4 is 30.0 Å². The Morgan fingerprint density at radius 1 is 0.917 bits per heavy atom. The highest BCUT2D eigenvalue weighted by Crippen LogP contribution is 2.30. The van der Waals surface area contributed by atoms with Gasteiger partial charge in [-0.3, -0.25) is 14.9 Å². The second kappa shape index (κ2) is 9.68. The number of likely N-dealkylation sites (N-methyl/N-ethyl adjacent to an activating group) is 1. The summed E-state index contributed by atoms with van der Waals surface area (Å²) in [5.41, 5.74) is 5.78. The van der Waals surface area contributed by atoms with E-state index in [9.17, 15) is 0 Å². The van der Waals surface area contributed by atoms with E-state index < -0.39 is 0 Å². The van der Waals surface area contributed by atoms with E-state index in [1.807, 2.05) is 55.0 Å².